The number of hydrogen-bond acceptors (Lipinski definition) is 3. The van der Waals surface area contributed by atoms with Gasteiger partial charge in [-0.1, -0.05) is 0 Å². The Morgan fingerprint density at radius 2 is 2.43 bits per heavy atom. The minimum atomic E-state index is -0.231. The average molecular weight is 229 g/mol. The van der Waals surface area contributed by atoms with E-state index in [0.29, 0.717) is 0 Å². The zero-order chi connectivity index (χ0) is 5.86. The molecule has 0 rings (SSSR count). The molecule has 0 aliphatic carbocycles. The van der Waals surface area contributed by atoms with Crippen LogP contribution in [0.1, 0.15) is 0 Å². The normalized spacial score (nSPS) is 13.0. The molecule has 0 aromatic rings. The molecule has 1 atom stereocenters. The van der Waals surface area contributed by atoms with Crippen molar-refractivity contribution < 1.29 is 9.53 Å². The fourth-order valence-electron chi connectivity index (χ4n) is 0.121. The van der Waals surface area contributed by atoms with Gasteiger partial charge in [0, 0.05) is 0 Å². The van der Waals surface area contributed by atoms with Crippen LogP contribution in [0.25, 0.3) is 0 Å². The van der Waals surface area contributed by atoms with Gasteiger partial charge in [-0.05, 0) is 0 Å². The van der Waals surface area contributed by atoms with Gasteiger partial charge in [-0.2, -0.15) is 0 Å². The van der Waals surface area contributed by atoms with Crippen molar-refractivity contribution in [1.29, 1.82) is 0 Å². The first-order valence-corrected chi connectivity index (χ1v) is 4.12. The van der Waals surface area contributed by atoms with Crippen LogP contribution in [0, 0.1) is 0 Å². The van der Waals surface area contributed by atoms with Gasteiger partial charge >= 0.3 is 61.5 Å². The molecule has 0 N–H and O–H groups in total. The summed E-state index contributed by atoms with van der Waals surface area (Å²) in [7, 11) is 1.36. The molecule has 0 amide bonds. The fraction of sp³-hybridized carbons (Fsp3) is 0.667. The molecule has 2 nitrogen and oxygen atoms in total. The van der Waals surface area contributed by atoms with E-state index in [0.717, 1.165) is 23.0 Å². The predicted molar refractivity (Wildman–Crippen MR) is 33.3 cm³/mol. The molecule has 0 aromatic carbocycles. The molecular weight excluding hydrogens is 222 g/mol. The SMILES string of the molecule is COC(=O)[CH](S)[SbH2]. The molecule has 0 aliphatic heterocycles. The fourth-order valence-corrected chi connectivity index (χ4v) is 0.615. The maximum atomic E-state index is 10.2. The van der Waals surface area contributed by atoms with E-state index in [9.17, 15) is 4.79 Å². The van der Waals surface area contributed by atoms with E-state index in [2.05, 4.69) is 17.4 Å². The minimum absolute atomic E-state index is 0.171. The van der Waals surface area contributed by atoms with E-state index in [4.69, 9.17) is 0 Å². The summed E-state index contributed by atoms with van der Waals surface area (Å²) in [5.74, 6) is -0.231. The van der Waals surface area contributed by atoms with Crippen molar-refractivity contribution in [1.82, 2.24) is 0 Å². The first-order chi connectivity index (χ1) is 3.18. The topological polar surface area (TPSA) is 26.3 Å². The summed E-state index contributed by atoms with van der Waals surface area (Å²) in [5, 5.41) is 0. The van der Waals surface area contributed by atoms with E-state index in [1.54, 1.807) is 0 Å². The van der Waals surface area contributed by atoms with Crippen LogP contribution < -0.4 is 0 Å². The molecule has 0 bridgehead atoms. The van der Waals surface area contributed by atoms with Crippen LogP contribution in [0.5, 0.6) is 0 Å². The Kier molecular flexibility index (Phi) is 3.95. The van der Waals surface area contributed by atoms with Gasteiger partial charge in [-0.15, -0.1) is 0 Å². The molecule has 0 radical (unpaired) electrons. The number of thiol groups is 1. The second-order valence-electron chi connectivity index (χ2n) is 0.968. The Hall–Kier alpha value is 0.638. The summed E-state index contributed by atoms with van der Waals surface area (Å²) in [4.78, 5) is 10.2. The quantitative estimate of drug-likeness (QED) is 0.356. The van der Waals surface area contributed by atoms with Gasteiger partial charge in [0.15, 0.2) is 0 Å². The number of carbonyl (C=O) groups is 1. The number of carbonyl (C=O) groups excluding carboxylic acids is 1. The molecule has 0 saturated heterocycles. The Labute approximate surface area is 61.5 Å². The molecule has 42 valence electrons. The summed E-state index contributed by atoms with van der Waals surface area (Å²) in [6, 6.07) is 0. The third-order valence-corrected chi connectivity index (χ3v) is 1.43. The monoisotopic (exact) mass is 228 g/mol. The van der Waals surface area contributed by atoms with Crippen molar-refractivity contribution >= 4 is 41.6 Å². The third-order valence-electron chi connectivity index (χ3n) is 0.443. The first kappa shape index (κ1) is 7.64. The average Bonchev–Trinajstić information content (AvgIpc) is 1.65. The van der Waals surface area contributed by atoms with E-state index in [1.165, 1.54) is 7.11 Å². The number of esters is 1. The van der Waals surface area contributed by atoms with Crippen molar-refractivity contribution in [3.8, 4) is 0 Å². The van der Waals surface area contributed by atoms with Gasteiger partial charge in [-0.3, -0.25) is 0 Å². The number of methoxy groups -OCH3 is 1. The van der Waals surface area contributed by atoms with E-state index >= 15 is 0 Å². The molecule has 0 saturated carbocycles. The molecule has 4 heteroatoms. The summed E-state index contributed by atoms with van der Waals surface area (Å²) in [5.41, 5.74) is 0. The Bertz CT molecular complexity index is 73.3. The Morgan fingerprint density at radius 1 is 2.00 bits per heavy atom. The summed E-state index contributed by atoms with van der Waals surface area (Å²) in [6.07, 6.45) is 0. The van der Waals surface area contributed by atoms with Crippen LogP contribution in [-0.2, 0) is 9.53 Å². The van der Waals surface area contributed by atoms with Crippen LogP contribution in [0.3, 0.4) is 0 Å². The summed E-state index contributed by atoms with van der Waals surface area (Å²) in [6.45, 7) is 0. The standard InChI is InChI=1S/C3H5O2S.Sb.2H/c1-5-3(4)2-6;;;/h2,6H,1H3;;;. The van der Waals surface area contributed by atoms with Gasteiger partial charge in [0.1, 0.15) is 0 Å². The summed E-state index contributed by atoms with van der Waals surface area (Å²) >= 11 is 4.67. The van der Waals surface area contributed by atoms with Crippen molar-refractivity contribution in [2.75, 3.05) is 7.11 Å². The van der Waals surface area contributed by atoms with Crippen LogP contribution >= 0.6 is 12.6 Å². The predicted octanol–water partition coefficient (Wildman–Crippen LogP) is -0.952. The number of rotatable bonds is 1. The molecule has 0 spiro atoms. The first-order valence-electron chi connectivity index (χ1n) is 1.70. The number of hydrogen-bond donors (Lipinski definition) is 1. The molecule has 0 aliphatic rings. The molecular formula is C3H7O2SSb. The van der Waals surface area contributed by atoms with Crippen LogP contribution in [0.15, 0.2) is 0 Å². The molecule has 0 aromatic heterocycles. The van der Waals surface area contributed by atoms with Crippen molar-refractivity contribution in [2.45, 2.75) is 3.20 Å². The van der Waals surface area contributed by atoms with Gasteiger partial charge in [-0.25, -0.2) is 0 Å². The zero-order valence-electron chi connectivity index (χ0n) is 3.92. The van der Waals surface area contributed by atoms with Crippen molar-refractivity contribution in [3.63, 3.8) is 0 Å². The summed E-state index contributed by atoms with van der Waals surface area (Å²) < 4.78 is 4.16. The Morgan fingerprint density at radius 3 is 2.43 bits per heavy atom. The van der Waals surface area contributed by atoms with Crippen LogP contribution in [0.4, 0.5) is 0 Å². The second kappa shape index (κ2) is 3.62. The zero-order valence-corrected chi connectivity index (χ0v) is 8.11. The van der Waals surface area contributed by atoms with E-state index in [1.807, 2.05) is 0 Å². The van der Waals surface area contributed by atoms with Crippen molar-refractivity contribution in [2.24, 2.45) is 0 Å². The second-order valence-corrected chi connectivity index (χ2v) is 5.03. The molecule has 0 heterocycles. The van der Waals surface area contributed by atoms with Gasteiger partial charge in [0.05, 0.1) is 0 Å². The number of ether oxygens (including phenoxy) is 1. The molecule has 7 heavy (non-hydrogen) atoms. The molecule has 1 unspecified atom stereocenters. The van der Waals surface area contributed by atoms with Gasteiger partial charge in [0.25, 0.3) is 0 Å². The van der Waals surface area contributed by atoms with Crippen LogP contribution in [0.2, 0.25) is 0 Å². The van der Waals surface area contributed by atoms with Crippen LogP contribution in [-0.4, -0.2) is 39.3 Å². The van der Waals surface area contributed by atoms with Crippen molar-refractivity contribution in [3.05, 3.63) is 0 Å². The van der Waals surface area contributed by atoms with E-state index in [-0.39, 0.29) is 9.17 Å². The van der Waals surface area contributed by atoms with Gasteiger partial charge < -0.3 is 0 Å². The maximum absolute atomic E-state index is 10.2. The van der Waals surface area contributed by atoms with Gasteiger partial charge in [0.2, 0.25) is 0 Å². The van der Waals surface area contributed by atoms with E-state index < -0.39 is 0 Å². The molecule has 0 fully saturated rings. The Balaban J connectivity index is 3.35. The third kappa shape index (κ3) is 3.24.